The summed E-state index contributed by atoms with van der Waals surface area (Å²) in [6.45, 7) is 5.14. The molecule has 0 aromatic carbocycles. The Morgan fingerprint density at radius 2 is 2.05 bits per heavy atom. The Hall–Kier alpha value is -0.0600. The van der Waals surface area contributed by atoms with Crippen LogP contribution in [0.15, 0.2) is 0 Å². The first-order chi connectivity index (χ1) is 9.19. The van der Waals surface area contributed by atoms with Crippen LogP contribution < -0.4 is 5.73 Å². The summed E-state index contributed by atoms with van der Waals surface area (Å²) in [6, 6.07) is 0. The van der Waals surface area contributed by atoms with Gasteiger partial charge in [-0.2, -0.15) is 11.8 Å². The zero-order valence-electron chi connectivity index (χ0n) is 12.2. The topological polar surface area (TPSA) is 38.9 Å². The van der Waals surface area contributed by atoms with Gasteiger partial charge in [0.2, 0.25) is 0 Å². The predicted molar refractivity (Wildman–Crippen MR) is 86.7 cm³/mol. The normalized spacial score (nSPS) is 17.3. The maximum Gasteiger partial charge on any atom is 0.103 e. The van der Waals surface area contributed by atoms with Crippen molar-refractivity contribution in [2.45, 2.75) is 69.9 Å². The van der Waals surface area contributed by atoms with Gasteiger partial charge in [-0.3, -0.25) is 0 Å². The first kappa shape index (κ1) is 15.3. The van der Waals surface area contributed by atoms with E-state index in [1.807, 2.05) is 11.3 Å². The lowest BCUT2D eigenvalue weighted by atomic mass is 10.0. The molecule has 1 aromatic heterocycles. The molecule has 4 heteroatoms. The third-order valence-electron chi connectivity index (χ3n) is 3.60. The highest BCUT2D eigenvalue weighted by molar-refractivity contribution is 7.99. The van der Waals surface area contributed by atoms with Crippen molar-refractivity contribution >= 4 is 23.1 Å². The Morgan fingerprint density at radius 1 is 1.32 bits per heavy atom. The van der Waals surface area contributed by atoms with Gasteiger partial charge >= 0.3 is 0 Å². The average molecular weight is 299 g/mol. The van der Waals surface area contributed by atoms with E-state index in [-0.39, 0.29) is 0 Å². The molecule has 1 aliphatic rings. The van der Waals surface area contributed by atoms with Gasteiger partial charge in [-0.1, -0.05) is 33.1 Å². The fourth-order valence-corrected chi connectivity index (χ4v) is 4.94. The third kappa shape index (κ3) is 4.76. The molecular formula is C15H26N2S2. The minimum absolute atomic E-state index is 0.647. The molecule has 2 N–H and O–H groups in total. The van der Waals surface area contributed by atoms with E-state index < -0.39 is 0 Å². The van der Waals surface area contributed by atoms with Crippen LogP contribution in [0.3, 0.4) is 0 Å². The number of nitrogens with zero attached hydrogens (tertiary/aromatic N) is 1. The summed E-state index contributed by atoms with van der Waals surface area (Å²) >= 11 is 3.94. The molecule has 0 saturated heterocycles. The first-order valence-corrected chi connectivity index (χ1v) is 9.34. The molecule has 1 aromatic rings. The van der Waals surface area contributed by atoms with E-state index in [0.29, 0.717) is 12.5 Å². The van der Waals surface area contributed by atoms with E-state index >= 15 is 0 Å². The lowest BCUT2D eigenvalue weighted by molar-refractivity contribution is 0.516. The van der Waals surface area contributed by atoms with Gasteiger partial charge in [0.25, 0.3) is 0 Å². The molecule has 0 spiro atoms. The summed E-state index contributed by atoms with van der Waals surface area (Å²) in [7, 11) is 0. The van der Waals surface area contributed by atoms with E-state index in [0.717, 1.165) is 17.4 Å². The second-order valence-electron chi connectivity index (χ2n) is 5.85. The van der Waals surface area contributed by atoms with Gasteiger partial charge in [-0.15, -0.1) is 11.3 Å². The molecule has 0 unspecified atom stereocenters. The smallest absolute Gasteiger partial charge is 0.103 e. The highest BCUT2D eigenvalue weighted by Gasteiger charge is 2.16. The second-order valence-corrected chi connectivity index (χ2v) is 8.31. The van der Waals surface area contributed by atoms with E-state index in [9.17, 15) is 0 Å². The van der Waals surface area contributed by atoms with Crippen molar-refractivity contribution in [3.05, 3.63) is 15.6 Å². The number of thioether (sulfide) groups is 1. The van der Waals surface area contributed by atoms with E-state index in [4.69, 9.17) is 10.7 Å². The van der Waals surface area contributed by atoms with Crippen molar-refractivity contribution in [2.75, 3.05) is 0 Å². The summed E-state index contributed by atoms with van der Waals surface area (Å²) in [4.78, 5) is 6.12. The molecule has 2 nitrogen and oxygen atoms in total. The summed E-state index contributed by atoms with van der Waals surface area (Å²) in [5.41, 5.74) is 7.09. The van der Waals surface area contributed by atoms with Crippen LogP contribution in [-0.2, 0) is 18.7 Å². The molecule has 1 heterocycles. The van der Waals surface area contributed by atoms with Crippen LogP contribution in [-0.4, -0.2) is 10.2 Å². The molecule has 0 amide bonds. The Bertz CT molecular complexity index is 381. The van der Waals surface area contributed by atoms with Crippen LogP contribution in [0.25, 0.3) is 0 Å². The fraction of sp³-hybridized carbons (Fsp3) is 0.800. The summed E-state index contributed by atoms with van der Waals surface area (Å²) in [5.74, 6) is 1.74. The molecule has 19 heavy (non-hydrogen) atoms. The van der Waals surface area contributed by atoms with E-state index in [1.54, 1.807) is 0 Å². The van der Waals surface area contributed by atoms with Gasteiger partial charge in [0.05, 0.1) is 5.69 Å². The van der Waals surface area contributed by atoms with Gasteiger partial charge in [0.1, 0.15) is 5.01 Å². The summed E-state index contributed by atoms with van der Waals surface area (Å²) in [5, 5.41) is 2.15. The minimum atomic E-state index is 0.647. The standard InChI is InChI=1S/C15H26N2S2/c1-11(2)8-13-14(9-16)19-15(17-13)10-18-12-6-4-3-5-7-12/h11-12H,3-10,16H2,1-2H3. The van der Waals surface area contributed by atoms with Crippen LogP contribution in [0, 0.1) is 5.92 Å². The molecule has 0 bridgehead atoms. The number of rotatable bonds is 6. The molecule has 0 aliphatic heterocycles. The number of hydrogen-bond acceptors (Lipinski definition) is 4. The average Bonchev–Trinajstić information content (AvgIpc) is 2.79. The Balaban J connectivity index is 1.90. The molecule has 108 valence electrons. The SMILES string of the molecule is CC(C)Cc1nc(CSC2CCCCC2)sc1CN. The highest BCUT2D eigenvalue weighted by Crippen LogP contribution is 2.32. The molecule has 1 saturated carbocycles. The molecule has 1 aliphatic carbocycles. The molecule has 0 atom stereocenters. The van der Waals surface area contributed by atoms with Gasteiger partial charge in [0.15, 0.2) is 0 Å². The van der Waals surface area contributed by atoms with Gasteiger partial charge in [0, 0.05) is 22.4 Å². The Kier molecular flexibility index (Phi) is 6.17. The Labute approximate surface area is 125 Å². The maximum absolute atomic E-state index is 5.84. The van der Waals surface area contributed by atoms with Crippen molar-refractivity contribution in [1.82, 2.24) is 4.98 Å². The van der Waals surface area contributed by atoms with Gasteiger partial charge in [-0.25, -0.2) is 4.98 Å². The lowest BCUT2D eigenvalue weighted by Gasteiger charge is -2.20. The van der Waals surface area contributed by atoms with Crippen molar-refractivity contribution in [3.8, 4) is 0 Å². The largest absolute Gasteiger partial charge is 0.326 e. The quantitative estimate of drug-likeness (QED) is 0.847. The second kappa shape index (κ2) is 7.65. The third-order valence-corrected chi connectivity index (χ3v) is 6.29. The monoisotopic (exact) mass is 298 g/mol. The number of nitrogens with two attached hydrogens (primary N) is 1. The lowest BCUT2D eigenvalue weighted by Crippen LogP contribution is -2.08. The van der Waals surface area contributed by atoms with Gasteiger partial charge < -0.3 is 5.73 Å². The zero-order chi connectivity index (χ0) is 13.7. The van der Waals surface area contributed by atoms with E-state index in [2.05, 4.69) is 25.6 Å². The molecular weight excluding hydrogens is 272 g/mol. The Morgan fingerprint density at radius 3 is 2.68 bits per heavy atom. The number of hydrogen-bond donors (Lipinski definition) is 1. The van der Waals surface area contributed by atoms with Crippen molar-refractivity contribution in [2.24, 2.45) is 11.7 Å². The number of thiazole rings is 1. The molecule has 1 fully saturated rings. The first-order valence-electron chi connectivity index (χ1n) is 7.48. The fourth-order valence-electron chi connectivity index (χ4n) is 2.63. The molecule has 0 radical (unpaired) electrons. The molecule has 2 rings (SSSR count). The highest BCUT2D eigenvalue weighted by atomic mass is 32.2. The minimum Gasteiger partial charge on any atom is -0.326 e. The zero-order valence-corrected chi connectivity index (χ0v) is 13.8. The van der Waals surface area contributed by atoms with Crippen LogP contribution in [0.1, 0.15) is 61.5 Å². The predicted octanol–water partition coefficient (Wildman–Crippen LogP) is 4.37. The number of aromatic nitrogens is 1. The van der Waals surface area contributed by atoms with Crippen LogP contribution in [0.4, 0.5) is 0 Å². The maximum atomic E-state index is 5.84. The van der Waals surface area contributed by atoms with Crippen molar-refractivity contribution in [1.29, 1.82) is 0 Å². The summed E-state index contributed by atoms with van der Waals surface area (Å²) < 4.78 is 0. The van der Waals surface area contributed by atoms with Crippen molar-refractivity contribution in [3.63, 3.8) is 0 Å². The van der Waals surface area contributed by atoms with Crippen LogP contribution in [0.2, 0.25) is 0 Å². The summed E-state index contributed by atoms with van der Waals surface area (Å²) in [6.07, 6.45) is 8.14. The van der Waals surface area contributed by atoms with Crippen LogP contribution in [0.5, 0.6) is 0 Å². The van der Waals surface area contributed by atoms with Crippen LogP contribution >= 0.6 is 23.1 Å². The van der Waals surface area contributed by atoms with Crippen molar-refractivity contribution < 1.29 is 0 Å². The van der Waals surface area contributed by atoms with E-state index in [1.165, 1.54) is 47.7 Å². The van der Waals surface area contributed by atoms with Gasteiger partial charge in [-0.05, 0) is 25.2 Å².